The summed E-state index contributed by atoms with van der Waals surface area (Å²) < 4.78 is 54.6. The molecule has 0 radical (unpaired) electrons. The number of carbonyl (C=O) groups excluding carboxylic acids is 1. The van der Waals surface area contributed by atoms with Gasteiger partial charge in [-0.1, -0.05) is 32.0 Å². The van der Waals surface area contributed by atoms with E-state index >= 15 is 0 Å². The number of fused-ring (bicyclic) bond motifs is 1. The minimum Gasteiger partial charge on any atom is -0.489 e. The number of carbonyl (C=O) groups is 1. The molecule has 8 heteroatoms. The van der Waals surface area contributed by atoms with Crippen molar-refractivity contribution < 1.29 is 31.9 Å². The van der Waals surface area contributed by atoms with Crippen LogP contribution in [-0.4, -0.2) is 12.6 Å². The smallest absolute Gasteiger partial charge is 0.449 e. The number of hydrogen-bond acceptors (Lipinski definition) is 4. The average molecular weight is 487 g/mol. The van der Waals surface area contributed by atoms with Gasteiger partial charge in [0.05, 0.1) is 17.5 Å². The summed E-state index contributed by atoms with van der Waals surface area (Å²) in [5.74, 6) is -0.906. The molecule has 0 saturated carbocycles. The number of esters is 1. The molecule has 0 unspecified atom stereocenters. The Morgan fingerprint density at radius 1 is 1.13 bits per heavy atom. The fraction of sp³-hybridized carbons (Fsp3) is 0.318. The summed E-state index contributed by atoms with van der Waals surface area (Å²) in [5.41, 5.74) is 1.45. The molecular weight excluding hydrogens is 465 g/mol. The summed E-state index contributed by atoms with van der Waals surface area (Å²) >= 11 is 3.24. The van der Waals surface area contributed by atoms with E-state index in [1.165, 1.54) is 0 Å². The number of halogens is 4. The molecule has 162 valence electrons. The van der Waals surface area contributed by atoms with Crippen LogP contribution in [0.25, 0.3) is 11.0 Å². The van der Waals surface area contributed by atoms with Crippen LogP contribution in [0.15, 0.2) is 51.4 Å². The van der Waals surface area contributed by atoms with Crippen molar-refractivity contribution in [3.8, 4) is 5.75 Å². The molecule has 0 saturated heterocycles. The molecule has 0 aliphatic heterocycles. The summed E-state index contributed by atoms with van der Waals surface area (Å²) in [6, 6.07) is 11.2. The molecule has 2 aromatic carbocycles. The zero-order chi connectivity index (χ0) is 22.3. The number of alkyl halides is 3. The average Bonchev–Trinajstić information content (AvgIpc) is 3.14. The molecule has 1 aromatic heterocycles. The zero-order valence-corrected chi connectivity index (χ0v) is 18.4. The third-order valence-corrected chi connectivity index (χ3v) is 4.51. The van der Waals surface area contributed by atoms with Gasteiger partial charge in [-0.3, -0.25) is 4.79 Å². The number of furan rings is 1. The molecule has 0 spiro atoms. The van der Waals surface area contributed by atoms with Crippen LogP contribution < -0.4 is 4.74 Å². The van der Waals surface area contributed by atoms with Crippen LogP contribution >= 0.6 is 15.9 Å². The van der Waals surface area contributed by atoms with Gasteiger partial charge in [0, 0.05) is 10.9 Å². The van der Waals surface area contributed by atoms with Crippen LogP contribution in [0.4, 0.5) is 13.2 Å². The molecule has 0 fully saturated rings. The summed E-state index contributed by atoms with van der Waals surface area (Å²) in [7, 11) is 0. The standard InChI is InChI=1S/C20H16BrF3O4.C2H6/c1-2-26-18(25)10-13-5-3-4-6-16(13)27-11-12-7-14-9-17(20(22,23)24)28-19(14)15(21)8-12;1-2/h3-9H,2,10-11H2,1H3;1-2H3. The van der Waals surface area contributed by atoms with Gasteiger partial charge in [-0.25, -0.2) is 0 Å². The van der Waals surface area contributed by atoms with Gasteiger partial charge in [0.2, 0.25) is 5.76 Å². The Labute approximate surface area is 181 Å². The third kappa shape index (κ3) is 6.01. The largest absolute Gasteiger partial charge is 0.489 e. The molecular formula is C22H22BrF3O4. The van der Waals surface area contributed by atoms with Crippen molar-refractivity contribution in [1.29, 1.82) is 0 Å². The molecule has 4 nitrogen and oxygen atoms in total. The van der Waals surface area contributed by atoms with Gasteiger partial charge in [0.15, 0.2) is 0 Å². The lowest BCUT2D eigenvalue weighted by atomic mass is 10.1. The van der Waals surface area contributed by atoms with Crippen LogP contribution in [0.2, 0.25) is 0 Å². The highest BCUT2D eigenvalue weighted by Gasteiger charge is 2.35. The second-order valence-corrected chi connectivity index (χ2v) is 6.84. The van der Waals surface area contributed by atoms with E-state index in [2.05, 4.69) is 15.9 Å². The van der Waals surface area contributed by atoms with E-state index in [1.807, 2.05) is 13.8 Å². The lowest BCUT2D eigenvalue weighted by Crippen LogP contribution is -2.09. The number of para-hydroxylation sites is 1. The lowest BCUT2D eigenvalue weighted by Gasteiger charge is -2.11. The van der Waals surface area contributed by atoms with Crippen LogP contribution in [0.1, 0.15) is 37.7 Å². The van der Waals surface area contributed by atoms with E-state index in [9.17, 15) is 18.0 Å². The van der Waals surface area contributed by atoms with Crippen molar-refractivity contribution in [2.45, 2.75) is 40.0 Å². The summed E-state index contributed by atoms with van der Waals surface area (Å²) in [4.78, 5) is 11.7. The Kier molecular flexibility index (Phi) is 8.34. The third-order valence-electron chi connectivity index (χ3n) is 3.92. The number of rotatable bonds is 6. The summed E-state index contributed by atoms with van der Waals surface area (Å²) in [6.07, 6.45) is -4.48. The topological polar surface area (TPSA) is 48.7 Å². The van der Waals surface area contributed by atoms with Crippen molar-refractivity contribution in [1.82, 2.24) is 0 Å². The van der Waals surface area contributed by atoms with E-state index in [0.717, 1.165) is 6.07 Å². The summed E-state index contributed by atoms with van der Waals surface area (Å²) in [6.45, 7) is 6.13. The molecule has 3 rings (SSSR count). The van der Waals surface area contributed by atoms with E-state index < -0.39 is 11.9 Å². The van der Waals surface area contributed by atoms with E-state index in [1.54, 1.807) is 43.3 Å². The second kappa shape index (κ2) is 10.5. The zero-order valence-electron chi connectivity index (χ0n) is 16.8. The molecule has 0 N–H and O–H groups in total. The van der Waals surface area contributed by atoms with Crippen LogP contribution in [0.3, 0.4) is 0 Å². The highest BCUT2D eigenvalue weighted by Crippen LogP contribution is 2.37. The first-order valence-corrected chi connectivity index (χ1v) is 10.2. The molecule has 0 aliphatic carbocycles. The Hall–Kier alpha value is -2.48. The van der Waals surface area contributed by atoms with Gasteiger partial charge < -0.3 is 13.9 Å². The SMILES string of the molecule is CC.CCOC(=O)Cc1ccccc1OCc1cc(Br)c2oc(C(F)(F)F)cc2c1. The van der Waals surface area contributed by atoms with Crippen LogP contribution in [0.5, 0.6) is 5.75 Å². The minimum atomic E-state index is -4.55. The number of ether oxygens (including phenoxy) is 2. The fourth-order valence-electron chi connectivity index (χ4n) is 2.71. The first kappa shape index (κ1) is 23.8. The van der Waals surface area contributed by atoms with E-state index in [0.29, 0.717) is 33.3 Å². The highest BCUT2D eigenvalue weighted by atomic mass is 79.9. The lowest BCUT2D eigenvalue weighted by molar-refractivity contribution is -0.152. The second-order valence-electron chi connectivity index (χ2n) is 5.98. The first-order valence-electron chi connectivity index (χ1n) is 9.43. The molecule has 3 aromatic rings. The highest BCUT2D eigenvalue weighted by molar-refractivity contribution is 9.10. The van der Waals surface area contributed by atoms with Gasteiger partial charge in [0.1, 0.15) is 17.9 Å². The van der Waals surface area contributed by atoms with Crippen LogP contribution in [0, 0.1) is 0 Å². The predicted molar refractivity (Wildman–Crippen MR) is 111 cm³/mol. The van der Waals surface area contributed by atoms with E-state index in [-0.39, 0.29) is 24.6 Å². The van der Waals surface area contributed by atoms with Gasteiger partial charge in [0.25, 0.3) is 0 Å². The number of hydrogen-bond donors (Lipinski definition) is 0. The predicted octanol–water partition coefficient (Wildman–Crippen LogP) is 6.92. The molecule has 0 atom stereocenters. The maximum atomic E-state index is 12.9. The Morgan fingerprint density at radius 2 is 1.83 bits per heavy atom. The van der Waals surface area contributed by atoms with Crippen molar-refractivity contribution in [3.05, 3.63) is 63.8 Å². The molecule has 0 aliphatic rings. The first-order chi connectivity index (χ1) is 14.3. The van der Waals surface area contributed by atoms with Gasteiger partial charge in [-0.2, -0.15) is 13.2 Å². The molecule has 1 heterocycles. The van der Waals surface area contributed by atoms with Crippen molar-refractivity contribution in [2.75, 3.05) is 6.61 Å². The normalized spacial score (nSPS) is 11.0. The maximum Gasteiger partial charge on any atom is 0.449 e. The van der Waals surface area contributed by atoms with Crippen molar-refractivity contribution in [3.63, 3.8) is 0 Å². The van der Waals surface area contributed by atoms with Crippen molar-refractivity contribution >= 4 is 32.9 Å². The van der Waals surface area contributed by atoms with Gasteiger partial charge in [-0.05, 0) is 52.7 Å². The Balaban J connectivity index is 0.00000155. The Morgan fingerprint density at radius 3 is 2.50 bits per heavy atom. The molecule has 0 amide bonds. The number of benzene rings is 2. The monoisotopic (exact) mass is 486 g/mol. The maximum absolute atomic E-state index is 12.9. The van der Waals surface area contributed by atoms with Crippen molar-refractivity contribution in [2.24, 2.45) is 0 Å². The van der Waals surface area contributed by atoms with Gasteiger partial charge >= 0.3 is 12.1 Å². The quantitative estimate of drug-likeness (QED) is 0.354. The van der Waals surface area contributed by atoms with E-state index in [4.69, 9.17) is 13.9 Å². The molecule has 0 bridgehead atoms. The molecule has 30 heavy (non-hydrogen) atoms. The minimum absolute atomic E-state index is 0.0728. The summed E-state index contributed by atoms with van der Waals surface area (Å²) in [5, 5.41) is 0.320. The fourth-order valence-corrected chi connectivity index (χ4v) is 3.31. The van der Waals surface area contributed by atoms with Crippen LogP contribution in [-0.2, 0) is 28.7 Å². The Bertz CT molecular complexity index is 996. The van der Waals surface area contributed by atoms with Gasteiger partial charge in [-0.15, -0.1) is 0 Å².